The first-order chi connectivity index (χ1) is 17.7. The molecule has 4 rings (SSSR count). The van der Waals surface area contributed by atoms with Gasteiger partial charge in [0.05, 0.1) is 17.1 Å². The molecule has 0 bridgehead atoms. The number of nitro benzene ring substituents is 1. The molecule has 0 unspecified atom stereocenters. The smallest absolute Gasteiger partial charge is 0.269 e. The zero-order valence-electron chi connectivity index (χ0n) is 21.6. The average Bonchev–Trinajstić information content (AvgIpc) is 3.23. The van der Waals surface area contributed by atoms with Crippen LogP contribution in [0.3, 0.4) is 0 Å². The van der Waals surface area contributed by atoms with Gasteiger partial charge in [0.25, 0.3) is 5.69 Å². The van der Waals surface area contributed by atoms with Crippen LogP contribution in [0.4, 0.5) is 10.7 Å². The van der Waals surface area contributed by atoms with Crippen molar-refractivity contribution in [2.24, 2.45) is 16.3 Å². The first-order valence-corrected chi connectivity index (χ1v) is 13.2. The van der Waals surface area contributed by atoms with E-state index in [0.29, 0.717) is 29.6 Å². The van der Waals surface area contributed by atoms with Crippen LogP contribution in [0, 0.1) is 32.8 Å². The van der Waals surface area contributed by atoms with Crippen molar-refractivity contribution in [3.63, 3.8) is 0 Å². The standard InChI is InChI=1S/C29H31N3O4S/c1-5-35-26-14-20(8-13-25(26)36-18-19-6-10-22(11-7-19)32(33)34)17-31-28-24(16-30)23-12-9-21(29(2,3)4)15-27(23)37-28/h6-8,10-11,13-14,17,21H,5,9,12,15,18H2,1-4H3/t21-/m1/s1. The van der Waals surface area contributed by atoms with Gasteiger partial charge in [-0.05, 0) is 84.5 Å². The molecule has 0 radical (unpaired) electrons. The molecule has 0 saturated carbocycles. The van der Waals surface area contributed by atoms with Crippen molar-refractivity contribution in [1.29, 1.82) is 5.26 Å². The highest BCUT2D eigenvalue weighted by molar-refractivity contribution is 7.16. The van der Waals surface area contributed by atoms with Gasteiger partial charge in [-0.25, -0.2) is 4.99 Å². The molecule has 0 saturated heterocycles. The van der Waals surface area contributed by atoms with Crippen molar-refractivity contribution in [1.82, 2.24) is 0 Å². The van der Waals surface area contributed by atoms with Crippen LogP contribution in [0.15, 0.2) is 47.5 Å². The molecule has 1 atom stereocenters. The van der Waals surface area contributed by atoms with E-state index >= 15 is 0 Å². The SMILES string of the molecule is CCOc1cc(C=Nc2sc3c(c2C#N)CC[C@@H](C(C)(C)C)C3)ccc1OCc1ccc([N+](=O)[O-])cc1. The second-order valence-corrected chi connectivity index (χ2v) is 11.3. The number of thiophene rings is 1. The summed E-state index contributed by atoms with van der Waals surface area (Å²) >= 11 is 1.63. The van der Waals surface area contributed by atoms with Crippen molar-refractivity contribution in [2.45, 2.75) is 53.6 Å². The predicted molar refractivity (Wildman–Crippen MR) is 146 cm³/mol. The number of hydrogen-bond donors (Lipinski definition) is 0. The van der Waals surface area contributed by atoms with E-state index in [2.05, 4.69) is 26.8 Å². The fourth-order valence-corrected chi connectivity index (χ4v) is 5.74. The quantitative estimate of drug-likeness (QED) is 0.176. The van der Waals surface area contributed by atoms with Gasteiger partial charge >= 0.3 is 0 Å². The Morgan fingerprint density at radius 2 is 1.95 bits per heavy atom. The Balaban J connectivity index is 1.51. The summed E-state index contributed by atoms with van der Waals surface area (Å²) in [7, 11) is 0. The number of aliphatic imine (C=N–C) groups is 1. The van der Waals surface area contributed by atoms with E-state index in [0.717, 1.165) is 35.4 Å². The van der Waals surface area contributed by atoms with Crippen LogP contribution in [0.25, 0.3) is 0 Å². The minimum absolute atomic E-state index is 0.0440. The number of nitriles is 1. The number of nitrogens with zero attached hydrogens (tertiary/aromatic N) is 3. The van der Waals surface area contributed by atoms with E-state index in [1.807, 2.05) is 25.1 Å². The summed E-state index contributed by atoms with van der Waals surface area (Å²) < 4.78 is 11.7. The summed E-state index contributed by atoms with van der Waals surface area (Å²) in [6.07, 6.45) is 4.80. The van der Waals surface area contributed by atoms with Gasteiger partial charge in [0, 0.05) is 23.2 Å². The van der Waals surface area contributed by atoms with Gasteiger partial charge in [-0.2, -0.15) is 5.26 Å². The topological polar surface area (TPSA) is 97.8 Å². The number of fused-ring (bicyclic) bond motifs is 1. The molecule has 37 heavy (non-hydrogen) atoms. The van der Waals surface area contributed by atoms with Crippen LogP contribution in [0.1, 0.15) is 61.2 Å². The van der Waals surface area contributed by atoms with Gasteiger partial charge in [-0.1, -0.05) is 20.8 Å². The second kappa shape index (κ2) is 11.1. The molecule has 192 valence electrons. The van der Waals surface area contributed by atoms with Crippen LogP contribution < -0.4 is 9.47 Å². The highest BCUT2D eigenvalue weighted by Gasteiger charge is 2.32. The van der Waals surface area contributed by atoms with E-state index in [9.17, 15) is 15.4 Å². The summed E-state index contributed by atoms with van der Waals surface area (Å²) in [5, 5.41) is 21.5. The number of rotatable bonds is 8. The van der Waals surface area contributed by atoms with Crippen LogP contribution in [0.2, 0.25) is 0 Å². The maximum Gasteiger partial charge on any atom is 0.269 e. The monoisotopic (exact) mass is 517 g/mol. The molecule has 3 aromatic rings. The third-order valence-electron chi connectivity index (χ3n) is 6.72. The van der Waals surface area contributed by atoms with E-state index in [-0.39, 0.29) is 17.7 Å². The number of nitro groups is 1. The van der Waals surface area contributed by atoms with E-state index in [1.54, 1.807) is 29.7 Å². The summed E-state index contributed by atoms with van der Waals surface area (Å²) in [4.78, 5) is 16.4. The fraction of sp³-hybridized carbons (Fsp3) is 0.379. The molecule has 0 spiro atoms. The first-order valence-electron chi connectivity index (χ1n) is 12.4. The molecular weight excluding hydrogens is 486 g/mol. The maximum atomic E-state index is 10.9. The van der Waals surface area contributed by atoms with Gasteiger partial charge in [0.15, 0.2) is 11.5 Å². The van der Waals surface area contributed by atoms with Crippen molar-refractivity contribution in [3.8, 4) is 17.6 Å². The second-order valence-electron chi connectivity index (χ2n) is 10.2. The lowest BCUT2D eigenvalue weighted by Gasteiger charge is -2.33. The molecule has 1 heterocycles. The predicted octanol–water partition coefficient (Wildman–Crippen LogP) is 7.41. The number of ether oxygens (including phenoxy) is 2. The zero-order chi connectivity index (χ0) is 26.6. The van der Waals surface area contributed by atoms with Crippen molar-refractivity contribution >= 4 is 28.2 Å². The Kier molecular flexibility index (Phi) is 7.94. The largest absolute Gasteiger partial charge is 0.490 e. The number of benzene rings is 2. The number of hydrogen-bond acceptors (Lipinski definition) is 7. The lowest BCUT2D eigenvalue weighted by molar-refractivity contribution is -0.384. The summed E-state index contributed by atoms with van der Waals surface area (Å²) in [5.41, 5.74) is 3.83. The molecule has 0 N–H and O–H groups in total. The third kappa shape index (κ3) is 6.17. The zero-order valence-corrected chi connectivity index (χ0v) is 22.4. The first kappa shape index (κ1) is 26.4. The Bertz CT molecular complexity index is 1350. The van der Waals surface area contributed by atoms with Crippen LogP contribution in [-0.2, 0) is 19.4 Å². The normalized spacial score (nSPS) is 15.3. The minimum atomic E-state index is -0.425. The third-order valence-corrected chi connectivity index (χ3v) is 7.89. The molecule has 7 nitrogen and oxygen atoms in total. The molecule has 8 heteroatoms. The van der Waals surface area contributed by atoms with Gasteiger partial charge < -0.3 is 9.47 Å². The lowest BCUT2D eigenvalue weighted by Crippen LogP contribution is -2.26. The minimum Gasteiger partial charge on any atom is -0.490 e. The van der Waals surface area contributed by atoms with Crippen molar-refractivity contribution < 1.29 is 14.4 Å². The molecule has 0 amide bonds. The van der Waals surface area contributed by atoms with Gasteiger partial charge in [0.1, 0.15) is 17.7 Å². The van der Waals surface area contributed by atoms with Gasteiger partial charge in [-0.15, -0.1) is 11.3 Å². The molecule has 1 aliphatic carbocycles. The maximum absolute atomic E-state index is 10.9. The Labute approximate surface area is 221 Å². The Morgan fingerprint density at radius 1 is 1.19 bits per heavy atom. The van der Waals surface area contributed by atoms with E-state index < -0.39 is 4.92 Å². The summed E-state index contributed by atoms with van der Waals surface area (Å²) in [6.45, 7) is 9.50. The molecule has 0 aliphatic heterocycles. The molecular formula is C29H31N3O4S. The molecule has 0 fully saturated rings. The summed E-state index contributed by atoms with van der Waals surface area (Å²) in [5.74, 6) is 1.77. The number of non-ortho nitro benzene ring substituents is 1. The van der Waals surface area contributed by atoms with Crippen molar-refractivity contribution in [2.75, 3.05) is 6.61 Å². The summed E-state index contributed by atoms with van der Waals surface area (Å²) in [6, 6.07) is 14.3. The Hall–Kier alpha value is -3.70. The van der Waals surface area contributed by atoms with Crippen LogP contribution in [-0.4, -0.2) is 17.7 Å². The van der Waals surface area contributed by atoms with Crippen molar-refractivity contribution in [3.05, 3.63) is 79.7 Å². The molecule has 1 aromatic heterocycles. The highest BCUT2D eigenvalue weighted by Crippen LogP contribution is 2.45. The molecule has 1 aliphatic rings. The van der Waals surface area contributed by atoms with Gasteiger partial charge in [-0.3, -0.25) is 10.1 Å². The average molecular weight is 518 g/mol. The highest BCUT2D eigenvalue weighted by atomic mass is 32.1. The van der Waals surface area contributed by atoms with E-state index in [4.69, 9.17) is 14.5 Å². The van der Waals surface area contributed by atoms with Gasteiger partial charge in [0.2, 0.25) is 0 Å². The fourth-order valence-electron chi connectivity index (χ4n) is 4.52. The van der Waals surface area contributed by atoms with Crippen LogP contribution in [0.5, 0.6) is 11.5 Å². The lowest BCUT2D eigenvalue weighted by atomic mass is 9.72. The molecule has 2 aromatic carbocycles. The van der Waals surface area contributed by atoms with E-state index in [1.165, 1.54) is 22.6 Å². The Morgan fingerprint density at radius 3 is 2.59 bits per heavy atom. The van der Waals surface area contributed by atoms with Crippen LogP contribution >= 0.6 is 11.3 Å².